The van der Waals surface area contributed by atoms with E-state index in [-0.39, 0.29) is 11.4 Å². The molecule has 32 heavy (non-hydrogen) atoms. The molecule has 11 heteroatoms. The fourth-order valence-electron chi connectivity index (χ4n) is 2.96. The van der Waals surface area contributed by atoms with Crippen LogP contribution in [-0.2, 0) is 0 Å². The first-order chi connectivity index (χ1) is 15.3. The zero-order chi connectivity index (χ0) is 22.8. The number of benzene rings is 1. The number of imidazole rings is 1. The number of alkyl halides is 2. The average molecular weight is 439 g/mol. The van der Waals surface area contributed by atoms with E-state index in [2.05, 4.69) is 25.5 Å². The Morgan fingerprint density at radius 3 is 2.66 bits per heavy atom. The first-order valence-electron chi connectivity index (χ1n) is 9.62. The number of amides is 1. The van der Waals surface area contributed by atoms with Gasteiger partial charge < -0.3 is 15.8 Å². The fraction of sp³-hybridized carbons (Fsp3) is 0.190. The van der Waals surface area contributed by atoms with Gasteiger partial charge in [0.15, 0.2) is 11.9 Å². The van der Waals surface area contributed by atoms with Crippen LogP contribution in [0.3, 0.4) is 0 Å². The maximum absolute atomic E-state index is 12.9. The molecule has 0 spiro atoms. The third kappa shape index (κ3) is 4.31. The van der Waals surface area contributed by atoms with Crippen LogP contribution < -0.4 is 15.8 Å². The number of primary amides is 1. The Hall–Kier alpha value is -4.15. The van der Waals surface area contributed by atoms with Gasteiger partial charge in [-0.1, -0.05) is 0 Å². The van der Waals surface area contributed by atoms with Crippen LogP contribution in [0.25, 0.3) is 16.9 Å². The Kier molecular flexibility index (Phi) is 5.63. The quantitative estimate of drug-likeness (QED) is 0.453. The highest BCUT2D eigenvalue weighted by Gasteiger charge is 2.21. The first-order valence-corrected chi connectivity index (χ1v) is 9.62. The standard InChI is InChI=1S/C21H19F2N7O2/c1-11-3-7-17(29-28-11)26-13-4-6-16-15(9-13)25-10-30(16)18-8-5-14(20(24)31)21(27-18)32-12(2)19(22)23/h3-10,12,19H,1-2H3,(H2,24,31)(H,26,29). The third-order valence-electron chi connectivity index (χ3n) is 4.63. The van der Waals surface area contributed by atoms with Crippen LogP contribution in [0.2, 0.25) is 0 Å². The van der Waals surface area contributed by atoms with E-state index in [1.807, 2.05) is 37.3 Å². The van der Waals surface area contributed by atoms with Gasteiger partial charge in [-0.25, -0.2) is 13.8 Å². The van der Waals surface area contributed by atoms with Crippen LogP contribution in [0.15, 0.2) is 48.8 Å². The Bertz CT molecular complexity index is 1280. The van der Waals surface area contributed by atoms with Crippen molar-refractivity contribution in [2.45, 2.75) is 26.4 Å². The SMILES string of the molecule is Cc1ccc(Nc2ccc3c(c2)ncn3-c2ccc(C(N)=O)c(OC(C)C(F)F)n2)nn1. The smallest absolute Gasteiger partial charge is 0.274 e. The number of anilines is 2. The molecule has 3 heterocycles. The lowest BCUT2D eigenvalue weighted by molar-refractivity contribution is 0.0196. The van der Waals surface area contributed by atoms with Crippen LogP contribution in [0, 0.1) is 6.92 Å². The monoisotopic (exact) mass is 439 g/mol. The van der Waals surface area contributed by atoms with Crippen molar-refractivity contribution in [1.29, 1.82) is 0 Å². The van der Waals surface area contributed by atoms with Crippen molar-refractivity contribution in [2.75, 3.05) is 5.32 Å². The van der Waals surface area contributed by atoms with E-state index < -0.39 is 18.4 Å². The maximum atomic E-state index is 12.9. The van der Waals surface area contributed by atoms with Gasteiger partial charge in [0.1, 0.15) is 17.7 Å². The number of aromatic nitrogens is 5. The number of carbonyl (C=O) groups excluding carboxylic acids is 1. The number of fused-ring (bicyclic) bond motifs is 1. The molecule has 1 amide bonds. The van der Waals surface area contributed by atoms with Crippen LogP contribution >= 0.6 is 0 Å². The number of halogens is 2. The topological polar surface area (TPSA) is 121 Å². The van der Waals surface area contributed by atoms with Gasteiger partial charge in [-0.3, -0.25) is 9.36 Å². The molecule has 0 aliphatic heterocycles. The van der Waals surface area contributed by atoms with Gasteiger partial charge in [0.2, 0.25) is 5.88 Å². The minimum absolute atomic E-state index is 0.0867. The average Bonchev–Trinajstić information content (AvgIpc) is 3.18. The lowest BCUT2D eigenvalue weighted by Gasteiger charge is -2.16. The summed E-state index contributed by atoms with van der Waals surface area (Å²) in [6.45, 7) is 3.04. The largest absolute Gasteiger partial charge is 0.468 e. The Labute approximate surface area is 181 Å². The van der Waals surface area contributed by atoms with E-state index >= 15 is 0 Å². The van der Waals surface area contributed by atoms with Crippen LogP contribution in [-0.4, -0.2) is 43.2 Å². The summed E-state index contributed by atoms with van der Waals surface area (Å²) in [6, 6.07) is 12.1. The summed E-state index contributed by atoms with van der Waals surface area (Å²) in [5, 5.41) is 11.2. The molecular formula is C21H19F2N7O2. The molecule has 0 aliphatic carbocycles. The second kappa shape index (κ2) is 8.53. The van der Waals surface area contributed by atoms with E-state index in [0.29, 0.717) is 22.7 Å². The van der Waals surface area contributed by atoms with Gasteiger partial charge in [0.05, 0.1) is 16.7 Å². The second-order valence-electron chi connectivity index (χ2n) is 7.05. The number of carbonyl (C=O) groups is 1. The Morgan fingerprint density at radius 1 is 1.16 bits per heavy atom. The molecule has 0 fully saturated rings. The summed E-state index contributed by atoms with van der Waals surface area (Å²) < 4.78 is 32.7. The summed E-state index contributed by atoms with van der Waals surface area (Å²) in [7, 11) is 0. The van der Waals surface area contributed by atoms with Gasteiger partial charge in [-0.2, -0.15) is 10.1 Å². The predicted octanol–water partition coefficient (Wildman–Crippen LogP) is 3.39. The normalized spacial score (nSPS) is 12.2. The second-order valence-corrected chi connectivity index (χ2v) is 7.05. The molecule has 3 aromatic heterocycles. The van der Waals surface area contributed by atoms with Gasteiger partial charge in [-0.05, 0) is 56.3 Å². The molecule has 0 aliphatic rings. The molecule has 0 saturated carbocycles. The van der Waals surface area contributed by atoms with Gasteiger partial charge >= 0.3 is 0 Å². The van der Waals surface area contributed by atoms with Gasteiger partial charge in [0, 0.05) is 5.69 Å². The van der Waals surface area contributed by atoms with Gasteiger partial charge in [-0.15, -0.1) is 5.10 Å². The zero-order valence-electron chi connectivity index (χ0n) is 17.2. The number of hydrogen-bond donors (Lipinski definition) is 2. The van der Waals surface area contributed by atoms with E-state index in [4.69, 9.17) is 10.5 Å². The molecule has 0 radical (unpaired) electrons. The van der Waals surface area contributed by atoms with E-state index in [9.17, 15) is 13.6 Å². The fourth-order valence-corrected chi connectivity index (χ4v) is 2.96. The van der Waals surface area contributed by atoms with Gasteiger partial charge in [0.25, 0.3) is 12.3 Å². The number of rotatable bonds is 7. The minimum Gasteiger partial charge on any atom is -0.468 e. The first kappa shape index (κ1) is 21.1. The summed E-state index contributed by atoms with van der Waals surface area (Å²) in [4.78, 5) is 20.3. The molecular weight excluding hydrogens is 420 g/mol. The third-order valence-corrected chi connectivity index (χ3v) is 4.63. The molecule has 0 bridgehead atoms. The molecule has 9 nitrogen and oxygen atoms in total. The molecule has 4 rings (SSSR count). The molecule has 1 atom stereocenters. The van der Waals surface area contributed by atoms with Crippen molar-refractivity contribution < 1.29 is 18.3 Å². The van der Waals surface area contributed by atoms with E-state index in [0.717, 1.165) is 11.4 Å². The number of nitrogens with two attached hydrogens (primary N) is 1. The number of pyridine rings is 1. The Balaban J connectivity index is 1.67. The van der Waals surface area contributed by atoms with Crippen molar-refractivity contribution in [3.8, 4) is 11.7 Å². The van der Waals surface area contributed by atoms with Crippen LogP contribution in [0.1, 0.15) is 23.0 Å². The molecule has 164 valence electrons. The van der Waals surface area contributed by atoms with Crippen LogP contribution in [0.5, 0.6) is 5.88 Å². The number of hydrogen-bond acceptors (Lipinski definition) is 7. The summed E-state index contributed by atoms with van der Waals surface area (Å²) in [5.41, 5.74) is 8.17. The molecule has 3 N–H and O–H groups in total. The Morgan fingerprint density at radius 2 is 1.97 bits per heavy atom. The number of nitrogens with zero attached hydrogens (tertiary/aromatic N) is 5. The number of ether oxygens (including phenoxy) is 1. The van der Waals surface area contributed by atoms with E-state index in [1.54, 1.807) is 4.57 Å². The summed E-state index contributed by atoms with van der Waals surface area (Å²) in [5.74, 6) is -0.168. The summed E-state index contributed by atoms with van der Waals surface area (Å²) in [6.07, 6.45) is -2.68. The highest BCUT2D eigenvalue weighted by molar-refractivity contribution is 5.95. The lowest BCUT2D eigenvalue weighted by Crippen LogP contribution is -2.24. The molecule has 1 unspecified atom stereocenters. The van der Waals surface area contributed by atoms with Crippen molar-refractivity contribution in [3.05, 3.63) is 60.0 Å². The lowest BCUT2D eigenvalue weighted by atomic mass is 10.2. The molecule has 0 saturated heterocycles. The maximum Gasteiger partial charge on any atom is 0.274 e. The number of aryl methyl sites for hydroxylation is 1. The van der Waals surface area contributed by atoms with Crippen molar-refractivity contribution in [3.63, 3.8) is 0 Å². The number of nitrogens with one attached hydrogen (secondary N) is 1. The zero-order valence-corrected chi connectivity index (χ0v) is 17.2. The highest BCUT2D eigenvalue weighted by atomic mass is 19.3. The predicted molar refractivity (Wildman–Crippen MR) is 114 cm³/mol. The minimum atomic E-state index is -2.75. The summed E-state index contributed by atoms with van der Waals surface area (Å²) >= 11 is 0. The van der Waals surface area contributed by atoms with Crippen LogP contribution in [0.4, 0.5) is 20.3 Å². The van der Waals surface area contributed by atoms with E-state index in [1.165, 1.54) is 25.4 Å². The van der Waals surface area contributed by atoms with Crippen molar-refractivity contribution >= 4 is 28.4 Å². The van der Waals surface area contributed by atoms with Crippen molar-refractivity contribution in [2.24, 2.45) is 5.73 Å². The molecule has 4 aromatic rings. The molecule has 1 aromatic carbocycles. The van der Waals surface area contributed by atoms with Crippen molar-refractivity contribution in [1.82, 2.24) is 24.7 Å². The highest BCUT2D eigenvalue weighted by Crippen LogP contribution is 2.25.